The Balaban J connectivity index is 2.18. The first-order valence-corrected chi connectivity index (χ1v) is 6.87. The Hall–Kier alpha value is -2.08. The van der Waals surface area contributed by atoms with E-state index in [4.69, 9.17) is 5.73 Å². The Kier molecular flexibility index (Phi) is 3.31. The van der Waals surface area contributed by atoms with Crippen LogP contribution >= 0.6 is 0 Å². The number of amides is 1. The van der Waals surface area contributed by atoms with E-state index in [1.165, 1.54) is 4.57 Å². The van der Waals surface area contributed by atoms with Gasteiger partial charge in [0.25, 0.3) is 0 Å². The van der Waals surface area contributed by atoms with Gasteiger partial charge in [-0.1, -0.05) is 12.1 Å². The summed E-state index contributed by atoms with van der Waals surface area (Å²) in [6, 6.07) is 7.75. The molecule has 0 unspecified atom stereocenters. The number of fused-ring (bicyclic) bond motifs is 1. The SMILES string of the molecule is NC(=O)Cn1c(=O)n(C2CCNCC2)c2ccccc21. The molecule has 2 heterocycles. The minimum Gasteiger partial charge on any atom is -0.368 e. The number of hydrogen-bond acceptors (Lipinski definition) is 3. The van der Waals surface area contributed by atoms with Crippen molar-refractivity contribution in [2.75, 3.05) is 13.1 Å². The summed E-state index contributed by atoms with van der Waals surface area (Å²) >= 11 is 0. The number of aromatic nitrogens is 2. The van der Waals surface area contributed by atoms with Crippen LogP contribution in [0.5, 0.6) is 0 Å². The van der Waals surface area contributed by atoms with Crippen LogP contribution in [0, 0.1) is 0 Å². The van der Waals surface area contributed by atoms with Crippen molar-refractivity contribution in [2.24, 2.45) is 5.73 Å². The fourth-order valence-electron chi connectivity index (χ4n) is 2.96. The third kappa shape index (κ3) is 2.12. The van der Waals surface area contributed by atoms with Crippen molar-refractivity contribution in [2.45, 2.75) is 25.4 Å². The van der Waals surface area contributed by atoms with Crippen molar-refractivity contribution in [1.82, 2.24) is 14.5 Å². The molecule has 1 amide bonds. The molecule has 0 bridgehead atoms. The molecule has 1 saturated heterocycles. The highest BCUT2D eigenvalue weighted by molar-refractivity contribution is 5.80. The lowest BCUT2D eigenvalue weighted by Gasteiger charge is -2.23. The Morgan fingerprint density at radius 3 is 2.55 bits per heavy atom. The van der Waals surface area contributed by atoms with E-state index in [1.54, 1.807) is 0 Å². The number of carbonyl (C=O) groups is 1. The maximum atomic E-state index is 12.6. The van der Waals surface area contributed by atoms with Crippen LogP contribution in [0.2, 0.25) is 0 Å². The van der Waals surface area contributed by atoms with E-state index in [0.717, 1.165) is 37.0 Å². The molecular weight excluding hydrogens is 256 g/mol. The lowest BCUT2D eigenvalue weighted by atomic mass is 10.1. The van der Waals surface area contributed by atoms with Crippen LogP contribution in [0.4, 0.5) is 0 Å². The maximum Gasteiger partial charge on any atom is 0.329 e. The second kappa shape index (κ2) is 5.13. The van der Waals surface area contributed by atoms with Gasteiger partial charge in [0.05, 0.1) is 11.0 Å². The normalized spacial score (nSPS) is 16.6. The third-order valence-corrected chi connectivity index (χ3v) is 3.86. The van der Waals surface area contributed by atoms with Crippen molar-refractivity contribution in [3.63, 3.8) is 0 Å². The predicted molar refractivity (Wildman–Crippen MR) is 76.5 cm³/mol. The quantitative estimate of drug-likeness (QED) is 0.839. The smallest absolute Gasteiger partial charge is 0.329 e. The number of imidazole rings is 1. The number of primary amides is 1. The van der Waals surface area contributed by atoms with Gasteiger partial charge in [0.2, 0.25) is 5.91 Å². The van der Waals surface area contributed by atoms with Crippen LogP contribution in [-0.2, 0) is 11.3 Å². The average molecular weight is 274 g/mol. The number of piperidine rings is 1. The molecule has 1 aromatic carbocycles. The molecule has 0 spiro atoms. The number of nitrogens with one attached hydrogen (secondary N) is 1. The molecule has 1 aromatic heterocycles. The molecule has 1 fully saturated rings. The second-order valence-corrected chi connectivity index (χ2v) is 5.17. The number of nitrogens with zero attached hydrogens (tertiary/aromatic N) is 2. The van der Waals surface area contributed by atoms with Gasteiger partial charge >= 0.3 is 5.69 Å². The van der Waals surface area contributed by atoms with E-state index in [1.807, 2.05) is 28.8 Å². The van der Waals surface area contributed by atoms with Crippen molar-refractivity contribution < 1.29 is 4.79 Å². The van der Waals surface area contributed by atoms with Crippen LogP contribution in [0.25, 0.3) is 11.0 Å². The summed E-state index contributed by atoms with van der Waals surface area (Å²) in [7, 11) is 0. The number of hydrogen-bond donors (Lipinski definition) is 2. The van der Waals surface area contributed by atoms with E-state index >= 15 is 0 Å². The third-order valence-electron chi connectivity index (χ3n) is 3.86. The molecule has 0 atom stereocenters. The molecule has 0 radical (unpaired) electrons. The standard InChI is InChI=1S/C14H18N4O2/c15-13(19)9-17-11-3-1-2-4-12(11)18(14(17)20)10-5-7-16-8-6-10/h1-4,10,16H,5-9H2,(H2,15,19). The number of carbonyl (C=O) groups excluding carboxylic acids is 1. The van der Waals surface area contributed by atoms with Gasteiger partial charge in [-0.05, 0) is 38.1 Å². The van der Waals surface area contributed by atoms with Crippen LogP contribution in [0.1, 0.15) is 18.9 Å². The zero-order chi connectivity index (χ0) is 14.1. The molecule has 1 aliphatic rings. The Bertz CT molecular complexity index is 695. The topological polar surface area (TPSA) is 82.1 Å². The molecule has 6 heteroatoms. The van der Waals surface area contributed by atoms with Gasteiger partial charge in [-0.2, -0.15) is 0 Å². The largest absolute Gasteiger partial charge is 0.368 e. The molecule has 20 heavy (non-hydrogen) atoms. The van der Waals surface area contributed by atoms with E-state index in [2.05, 4.69) is 5.32 Å². The number of para-hydroxylation sites is 2. The molecule has 6 nitrogen and oxygen atoms in total. The van der Waals surface area contributed by atoms with Crippen LogP contribution < -0.4 is 16.7 Å². The first-order valence-electron chi connectivity index (χ1n) is 6.87. The Morgan fingerprint density at radius 2 is 1.90 bits per heavy atom. The zero-order valence-corrected chi connectivity index (χ0v) is 11.2. The predicted octanol–water partition coefficient (Wildman–Crippen LogP) is 0.213. The van der Waals surface area contributed by atoms with Crippen molar-refractivity contribution in [3.05, 3.63) is 34.7 Å². The summed E-state index contributed by atoms with van der Waals surface area (Å²) < 4.78 is 3.29. The van der Waals surface area contributed by atoms with Gasteiger partial charge in [0.15, 0.2) is 0 Å². The number of benzene rings is 1. The number of rotatable bonds is 3. The highest BCUT2D eigenvalue weighted by Gasteiger charge is 2.22. The minimum absolute atomic E-state index is 0.0721. The van der Waals surface area contributed by atoms with E-state index in [-0.39, 0.29) is 18.3 Å². The van der Waals surface area contributed by atoms with Gasteiger partial charge in [0, 0.05) is 6.04 Å². The second-order valence-electron chi connectivity index (χ2n) is 5.17. The first kappa shape index (κ1) is 12.9. The molecule has 2 aromatic rings. The van der Waals surface area contributed by atoms with Crippen molar-refractivity contribution in [1.29, 1.82) is 0 Å². The van der Waals surface area contributed by atoms with Gasteiger partial charge in [-0.3, -0.25) is 13.9 Å². The highest BCUT2D eigenvalue weighted by Crippen LogP contribution is 2.23. The summed E-state index contributed by atoms with van der Waals surface area (Å²) in [4.78, 5) is 23.8. The van der Waals surface area contributed by atoms with Crippen molar-refractivity contribution in [3.8, 4) is 0 Å². The fourth-order valence-corrected chi connectivity index (χ4v) is 2.96. The summed E-state index contributed by atoms with van der Waals surface area (Å²) in [6.45, 7) is 1.75. The summed E-state index contributed by atoms with van der Waals surface area (Å²) in [5.74, 6) is -0.500. The Morgan fingerprint density at radius 1 is 1.25 bits per heavy atom. The van der Waals surface area contributed by atoms with Crippen LogP contribution in [0.15, 0.2) is 29.1 Å². The van der Waals surface area contributed by atoms with Crippen molar-refractivity contribution >= 4 is 16.9 Å². The van der Waals surface area contributed by atoms with E-state index < -0.39 is 5.91 Å². The molecular formula is C14H18N4O2. The summed E-state index contributed by atoms with van der Waals surface area (Å²) in [5, 5.41) is 3.29. The molecule has 0 saturated carbocycles. The lowest BCUT2D eigenvalue weighted by molar-refractivity contribution is -0.118. The molecule has 0 aliphatic carbocycles. The molecule has 1 aliphatic heterocycles. The molecule has 3 N–H and O–H groups in total. The van der Waals surface area contributed by atoms with E-state index in [0.29, 0.717) is 0 Å². The Labute approximate surface area is 116 Å². The van der Waals surface area contributed by atoms with Crippen LogP contribution in [-0.4, -0.2) is 28.1 Å². The van der Waals surface area contributed by atoms with Gasteiger partial charge < -0.3 is 11.1 Å². The van der Waals surface area contributed by atoms with Gasteiger partial charge in [-0.15, -0.1) is 0 Å². The number of nitrogens with two attached hydrogens (primary N) is 1. The average Bonchev–Trinajstić information content (AvgIpc) is 2.72. The minimum atomic E-state index is -0.500. The summed E-state index contributed by atoms with van der Waals surface area (Å²) in [5.41, 5.74) is 6.77. The lowest BCUT2D eigenvalue weighted by Crippen LogP contribution is -2.36. The zero-order valence-electron chi connectivity index (χ0n) is 11.2. The van der Waals surface area contributed by atoms with Gasteiger partial charge in [0.1, 0.15) is 6.54 Å². The molecule has 3 rings (SSSR count). The highest BCUT2D eigenvalue weighted by atomic mass is 16.2. The monoisotopic (exact) mass is 274 g/mol. The van der Waals surface area contributed by atoms with Crippen LogP contribution in [0.3, 0.4) is 0 Å². The fraction of sp³-hybridized carbons (Fsp3) is 0.429. The molecule has 106 valence electrons. The summed E-state index contributed by atoms with van der Waals surface area (Å²) in [6.07, 6.45) is 1.84. The maximum absolute atomic E-state index is 12.6. The van der Waals surface area contributed by atoms with Gasteiger partial charge in [-0.25, -0.2) is 4.79 Å². The first-order chi connectivity index (χ1) is 9.68. The van der Waals surface area contributed by atoms with E-state index in [9.17, 15) is 9.59 Å².